The quantitative estimate of drug-likeness (QED) is 0.248. The zero-order valence-electron chi connectivity index (χ0n) is 26.1. The summed E-state index contributed by atoms with van der Waals surface area (Å²) in [6.45, 7) is 10.8. The summed E-state index contributed by atoms with van der Waals surface area (Å²) in [4.78, 5) is 0. The van der Waals surface area contributed by atoms with Gasteiger partial charge in [-0.3, -0.25) is 0 Å². The fourth-order valence-electron chi connectivity index (χ4n) is 10.8. The lowest BCUT2D eigenvalue weighted by Gasteiger charge is -2.51. The van der Waals surface area contributed by atoms with Crippen molar-refractivity contribution in [1.29, 1.82) is 0 Å². The van der Waals surface area contributed by atoms with Crippen LogP contribution in [0.15, 0.2) is 44.6 Å². The van der Waals surface area contributed by atoms with E-state index in [9.17, 15) is 0 Å². The summed E-state index contributed by atoms with van der Waals surface area (Å²) in [5.74, 6) is 1.58. The van der Waals surface area contributed by atoms with Crippen LogP contribution in [0, 0.1) is 17.3 Å². The monoisotopic (exact) mass is 546 g/mol. The molecule has 0 amide bonds. The first kappa shape index (κ1) is 28.3. The van der Waals surface area contributed by atoms with Crippen LogP contribution >= 0.6 is 0 Å². The molecule has 0 fully saturated rings. The van der Waals surface area contributed by atoms with Gasteiger partial charge in [0.05, 0.1) is 0 Å². The summed E-state index contributed by atoms with van der Waals surface area (Å²) < 4.78 is 7.11. The second-order valence-corrected chi connectivity index (χ2v) is 19.0. The Morgan fingerprint density at radius 3 is 1.54 bits per heavy atom. The Bertz CT molecular complexity index is 987. The van der Waals surface area contributed by atoms with Crippen LogP contribution in [0.2, 0.25) is 18.1 Å². The zero-order valence-corrected chi connectivity index (χ0v) is 27.1. The van der Waals surface area contributed by atoms with Crippen molar-refractivity contribution in [3.8, 4) is 0 Å². The molecule has 0 bridgehead atoms. The Morgan fingerprint density at radius 2 is 1.08 bits per heavy atom. The van der Waals surface area contributed by atoms with Crippen LogP contribution in [0.3, 0.4) is 0 Å². The third-order valence-electron chi connectivity index (χ3n) is 13.1. The van der Waals surface area contributed by atoms with Gasteiger partial charge in [0.1, 0.15) is 0 Å². The molecule has 0 aromatic carbocycles. The molecule has 39 heavy (non-hydrogen) atoms. The number of hydrogen-bond acceptors (Lipinski definition) is 1. The smallest absolute Gasteiger partial charge is 0.191 e. The molecule has 216 valence electrons. The standard InChI is InChI=1S/C37H58OSi/c1-5-37(23-24-38-39(6-2,7-3)8-4,35-21-13-19-31-29-17-11-9-15-27(29)25-33(31)35)36-22-14-20-32-30-18-12-10-16-28(30)26-34(32)36/h35-36H,5-26H2,1-4H3. The maximum absolute atomic E-state index is 7.11. The van der Waals surface area contributed by atoms with Crippen LogP contribution in [-0.4, -0.2) is 14.9 Å². The van der Waals surface area contributed by atoms with Gasteiger partial charge < -0.3 is 4.43 Å². The summed E-state index contributed by atoms with van der Waals surface area (Å²) in [5, 5.41) is 0. The minimum Gasteiger partial charge on any atom is -0.417 e. The van der Waals surface area contributed by atoms with E-state index in [0.29, 0.717) is 5.41 Å². The molecule has 0 aromatic heterocycles. The molecule has 0 heterocycles. The Morgan fingerprint density at radius 1 is 0.615 bits per heavy atom. The Kier molecular flexibility index (Phi) is 8.54. The first-order valence-electron chi connectivity index (χ1n) is 17.6. The average molecular weight is 547 g/mol. The molecule has 1 nitrogen and oxygen atoms in total. The van der Waals surface area contributed by atoms with Crippen molar-refractivity contribution in [3.05, 3.63) is 44.6 Å². The highest BCUT2D eigenvalue weighted by molar-refractivity contribution is 6.73. The van der Waals surface area contributed by atoms with Gasteiger partial charge in [0.15, 0.2) is 8.32 Å². The molecule has 2 heteroatoms. The van der Waals surface area contributed by atoms with Crippen LogP contribution in [0.25, 0.3) is 0 Å². The second kappa shape index (κ2) is 11.8. The number of fused-ring (bicyclic) bond motifs is 2. The fourth-order valence-corrected chi connectivity index (χ4v) is 13.4. The Labute approximate surface area is 242 Å². The van der Waals surface area contributed by atoms with E-state index < -0.39 is 8.32 Å². The molecule has 0 saturated carbocycles. The van der Waals surface area contributed by atoms with E-state index in [4.69, 9.17) is 4.43 Å². The van der Waals surface area contributed by atoms with Gasteiger partial charge in [0.2, 0.25) is 0 Å². The van der Waals surface area contributed by atoms with Crippen molar-refractivity contribution in [1.82, 2.24) is 0 Å². The lowest BCUT2D eigenvalue weighted by Crippen LogP contribution is -2.44. The van der Waals surface area contributed by atoms with E-state index >= 15 is 0 Å². The predicted octanol–water partition coefficient (Wildman–Crippen LogP) is 11.5. The summed E-state index contributed by atoms with van der Waals surface area (Å²) in [6.07, 6.45) is 25.1. The minimum absolute atomic E-state index is 0.389. The van der Waals surface area contributed by atoms with Gasteiger partial charge in [-0.05, 0) is 173 Å². The SMILES string of the molecule is CCC(CCO[Si](CC)(CC)CC)(C1CCCC2=C1CC1=C2CCCC1)C1CCCC2=C1CC1=C2CCCC1. The maximum Gasteiger partial charge on any atom is 0.191 e. The third-order valence-corrected chi connectivity index (χ3v) is 17.8. The molecule has 0 radical (unpaired) electrons. The van der Waals surface area contributed by atoms with Crippen molar-refractivity contribution < 1.29 is 4.43 Å². The van der Waals surface area contributed by atoms with E-state index in [2.05, 4.69) is 27.7 Å². The highest BCUT2D eigenvalue weighted by atomic mass is 28.4. The maximum atomic E-state index is 7.11. The number of rotatable bonds is 10. The van der Waals surface area contributed by atoms with E-state index in [0.717, 1.165) is 18.4 Å². The second-order valence-electron chi connectivity index (χ2n) is 14.3. The first-order valence-corrected chi connectivity index (χ1v) is 20.1. The van der Waals surface area contributed by atoms with E-state index in [1.54, 1.807) is 0 Å². The van der Waals surface area contributed by atoms with Crippen molar-refractivity contribution >= 4 is 8.32 Å². The molecule has 6 rings (SSSR count). The van der Waals surface area contributed by atoms with Crippen molar-refractivity contribution in [3.63, 3.8) is 0 Å². The summed E-state index contributed by atoms with van der Waals surface area (Å²) in [6, 6.07) is 3.84. The van der Waals surface area contributed by atoms with Crippen LogP contribution in [0.1, 0.15) is 143 Å². The fraction of sp³-hybridized carbons (Fsp3) is 0.784. The van der Waals surface area contributed by atoms with Crippen LogP contribution < -0.4 is 0 Å². The summed E-state index contributed by atoms with van der Waals surface area (Å²) >= 11 is 0. The molecule has 0 N–H and O–H groups in total. The molecule has 2 atom stereocenters. The molecular weight excluding hydrogens is 488 g/mol. The molecule has 0 aliphatic heterocycles. The third kappa shape index (κ3) is 4.86. The normalized spacial score (nSPS) is 28.9. The highest BCUT2D eigenvalue weighted by Crippen LogP contribution is 2.62. The van der Waals surface area contributed by atoms with E-state index in [1.165, 1.54) is 134 Å². The van der Waals surface area contributed by atoms with Gasteiger partial charge in [-0.25, -0.2) is 0 Å². The van der Waals surface area contributed by atoms with Crippen molar-refractivity contribution in [2.75, 3.05) is 6.61 Å². The molecule has 0 aromatic rings. The lowest BCUT2D eigenvalue weighted by molar-refractivity contribution is 0.0491. The van der Waals surface area contributed by atoms with Crippen molar-refractivity contribution in [2.24, 2.45) is 17.3 Å². The van der Waals surface area contributed by atoms with Crippen LogP contribution in [-0.2, 0) is 4.43 Å². The van der Waals surface area contributed by atoms with Gasteiger partial charge in [0.25, 0.3) is 0 Å². The van der Waals surface area contributed by atoms with Gasteiger partial charge in [0, 0.05) is 6.61 Å². The zero-order chi connectivity index (χ0) is 27.0. The summed E-state index contributed by atoms with van der Waals surface area (Å²) in [7, 11) is -1.57. The first-order chi connectivity index (χ1) is 19.1. The highest BCUT2D eigenvalue weighted by Gasteiger charge is 2.51. The molecule has 2 unspecified atom stereocenters. The molecule has 0 spiro atoms. The Hall–Kier alpha value is -0.863. The molecule has 6 aliphatic carbocycles. The van der Waals surface area contributed by atoms with Gasteiger partial charge >= 0.3 is 0 Å². The lowest BCUT2D eigenvalue weighted by atomic mass is 9.54. The molecular formula is C37H58OSi. The van der Waals surface area contributed by atoms with Crippen molar-refractivity contribution in [2.45, 2.75) is 161 Å². The largest absolute Gasteiger partial charge is 0.417 e. The molecule has 6 aliphatic rings. The van der Waals surface area contributed by atoms with Crippen LogP contribution in [0.4, 0.5) is 0 Å². The number of hydrogen-bond donors (Lipinski definition) is 0. The minimum atomic E-state index is -1.57. The average Bonchev–Trinajstić information content (AvgIpc) is 3.57. The van der Waals surface area contributed by atoms with E-state index in [1.807, 2.05) is 44.6 Å². The summed E-state index contributed by atoms with van der Waals surface area (Å²) in [5.41, 5.74) is 15.5. The van der Waals surface area contributed by atoms with E-state index in [-0.39, 0.29) is 0 Å². The number of allylic oxidation sites excluding steroid dienone is 8. The van der Waals surface area contributed by atoms with Gasteiger partial charge in [-0.1, -0.05) is 50.0 Å². The topological polar surface area (TPSA) is 9.23 Å². The Balaban J connectivity index is 1.37. The predicted molar refractivity (Wildman–Crippen MR) is 169 cm³/mol. The van der Waals surface area contributed by atoms with Gasteiger partial charge in [-0.2, -0.15) is 0 Å². The molecule has 0 saturated heterocycles. The van der Waals surface area contributed by atoms with Crippen LogP contribution in [0.5, 0.6) is 0 Å². The van der Waals surface area contributed by atoms with Gasteiger partial charge in [-0.15, -0.1) is 0 Å².